The van der Waals surface area contributed by atoms with Crippen LogP contribution in [0.5, 0.6) is 0 Å². The van der Waals surface area contributed by atoms with Crippen LogP contribution in [0.4, 0.5) is 13.2 Å². The molecule has 3 rings (SSSR count). The SMILES string of the molecule is C=C(CCC(=O)c1ccc2c(c1)CC(F)(F)C2)c1ccc(F)cc1. The highest BCUT2D eigenvalue weighted by molar-refractivity contribution is 5.97. The third kappa shape index (κ3) is 3.58. The number of ketones is 1. The number of allylic oxidation sites excluding steroid dienone is 1. The average molecular weight is 330 g/mol. The largest absolute Gasteiger partial charge is 0.294 e. The number of hydrogen-bond acceptors (Lipinski definition) is 1. The molecule has 2 aromatic carbocycles. The quantitative estimate of drug-likeness (QED) is 0.686. The maximum absolute atomic E-state index is 13.4. The minimum atomic E-state index is -2.71. The van der Waals surface area contributed by atoms with E-state index in [2.05, 4.69) is 6.58 Å². The lowest BCUT2D eigenvalue weighted by atomic mass is 9.97. The Morgan fingerprint density at radius 3 is 2.29 bits per heavy atom. The molecule has 0 atom stereocenters. The number of fused-ring (bicyclic) bond motifs is 1. The molecule has 4 heteroatoms. The lowest BCUT2D eigenvalue weighted by Gasteiger charge is -2.07. The summed E-state index contributed by atoms with van der Waals surface area (Å²) in [5, 5.41) is 0. The number of carbonyl (C=O) groups excluding carboxylic acids is 1. The molecule has 0 radical (unpaired) electrons. The summed E-state index contributed by atoms with van der Waals surface area (Å²) in [5.41, 5.74) is 3.17. The van der Waals surface area contributed by atoms with E-state index in [4.69, 9.17) is 0 Å². The zero-order valence-electron chi connectivity index (χ0n) is 13.1. The molecule has 0 N–H and O–H groups in total. The Balaban J connectivity index is 1.64. The zero-order valence-corrected chi connectivity index (χ0v) is 13.1. The fourth-order valence-electron chi connectivity index (χ4n) is 2.99. The van der Waals surface area contributed by atoms with Crippen molar-refractivity contribution in [2.45, 2.75) is 31.6 Å². The third-order valence-corrected chi connectivity index (χ3v) is 4.33. The van der Waals surface area contributed by atoms with Crippen molar-refractivity contribution in [3.8, 4) is 0 Å². The van der Waals surface area contributed by atoms with Gasteiger partial charge in [-0.25, -0.2) is 13.2 Å². The zero-order chi connectivity index (χ0) is 17.3. The minimum Gasteiger partial charge on any atom is -0.294 e. The van der Waals surface area contributed by atoms with Crippen molar-refractivity contribution in [1.82, 2.24) is 0 Å². The van der Waals surface area contributed by atoms with Crippen LogP contribution in [0.15, 0.2) is 49.0 Å². The van der Waals surface area contributed by atoms with Gasteiger partial charge in [-0.05, 0) is 46.9 Å². The monoisotopic (exact) mass is 330 g/mol. The van der Waals surface area contributed by atoms with Crippen molar-refractivity contribution in [2.24, 2.45) is 0 Å². The maximum atomic E-state index is 13.4. The summed E-state index contributed by atoms with van der Waals surface area (Å²) >= 11 is 0. The van der Waals surface area contributed by atoms with Crippen molar-refractivity contribution in [3.63, 3.8) is 0 Å². The van der Waals surface area contributed by atoms with Crippen LogP contribution in [-0.4, -0.2) is 11.7 Å². The van der Waals surface area contributed by atoms with Crippen LogP contribution in [0.3, 0.4) is 0 Å². The first-order valence-electron chi connectivity index (χ1n) is 7.81. The van der Waals surface area contributed by atoms with Gasteiger partial charge in [0, 0.05) is 24.8 Å². The van der Waals surface area contributed by atoms with Crippen LogP contribution in [0, 0.1) is 5.82 Å². The summed E-state index contributed by atoms with van der Waals surface area (Å²) in [7, 11) is 0. The van der Waals surface area contributed by atoms with Gasteiger partial charge in [0.05, 0.1) is 0 Å². The van der Waals surface area contributed by atoms with E-state index in [1.807, 2.05) is 0 Å². The second kappa shape index (κ2) is 6.27. The van der Waals surface area contributed by atoms with Crippen molar-refractivity contribution in [1.29, 1.82) is 0 Å². The summed E-state index contributed by atoms with van der Waals surface area (Å²) in [4.78, 5) is 12.3. The van der Waals surface area contributed by atoms with Gasteiger partial charge in [0.15, 0.2) is 5.78 Å². The van der Waals surface area contributed by atoms with Crippen LogP contribution in [0.25, 0.3) is 5.57 Å². The molecule has 0 aromatic heterocycles. The molecule has 1 aliphatic carbocycles. The topological polar surface area (TPSA) is 17.1 Å². The van der Waals surface area contributed by atoms with E-state index in [-0.39, 0.29) is 30.9 Å². The number of alkyl halides is 2. The van der Waals surface area contributed by atoms with E-state index in [9.17, 15) is 18.0 Å². The molecule has 1 aliphatic rings. The maximum Gasteiger partial charge on any atom is 0.256 e. The average Bonchev–Trinajstić information content (AvgIpc) is 2.85. The van der Waals surface area contributed by atoms with E-state index in [1.54, 1.807) is 30.3 Å². The number of halogens is 3. The molecule has 124 valence electrons. The van der Waals surface area contributed by atoms with Gasteiger partial charge in [-0.2, -0.15) is 0 Å². The number of Topliss-reactive ketones (excluding diaryl/α,β-unsaturated/α-hetero) is 1. The van der Waals surface area contributed by atoms with Gasteiger partial charge in [-0.3, -0.25) is 4.79 Å². The van der Waals surface area contributed by atoms with Gasteiger partial charge in [-0.1, -0.05) is 30.8 Å². The lowest BCUT2D eigenvalue weighted by molar-refractivity contribution is 0.0130. The highest BCUT2D eigenvalue weighted by Gasteiger charge is 2.37. The van der Waals surface area contributed by atoms with Gasteiger partial charge in [0.25, 0.3) is 5.92 Å². The Labute approximate surface area is 138 Å². The lowest BCUT2D eigenvalue weighted by Crippen LogP contribution is -2.14. The Bertz CT molecular complexity index is 791. The normalized spacial score (nSPS) is 15.1. The van der Waals surface area contributed by atoms with E-state index >= 15 is 0 Å². The van der Waals surface area contributed by atoms with Crippen LogP contribution in [0.2, 0.25) is 0 Å². The molecule has 0 spiro atoms. The highest BCUT2D eigenvalue weighted by atomic mass is 19.3. The third-order valence-electron chi connectivity index (χ3n) is 4.33. The summed E-state index contributed by atoms with van der Waals surface area (Å²) < 4.78 is 39.7. The number of benzene rings is 2. The molecule has 0 aliphatic heterocycles. The highest BCUT2D eigenvalue weighted by Crippen LogP contribution is 2.35. The summed E-state index contributed by atoms with van der Waals surface area (Å²) in [6.45, 7) is 3.92. The van der Waals surface area contributed by atoms with Crippen molar-refractivity contribution in [3.05, 3.63) is 77.1 Å². The van der Waals surface area contributed by atoms with Crippen molar-refractivity contribution in [2.75, 3.05) is 0 Å². The van der Waals surface area contributed by atoms with Gasteiger partial charge < -0.3 is 0 Å². The first-order chi connectivity index (χ1) is 11.3. The van der Waals surface area contributed by atoms with E-state index in [0.717, 1.165) is 11.1 Å². The van der Waals surface area contributed by atoms with Gasteiger partial charge in [-0.15, -0.1) is 0 Å². The molecular formula is C20H17F3O. The standard InChI is InChI=1S/C20H17F3O/c1-13(14-5-7-18(21)8-6-14)2-9-19(24)15-3-4-16-11-20(22,23)12-17(16)10-15/h3-8,10H,1-2,9,11-12H2. The van der Waals surface area contributed by atoms with Crippen LogP contribution < -0.4 is 0 Å². The molecular weight excluding hydrogens is 313 g/mol. The number of hydrogen-bond donors (Lipinski definition) is 0. The van der Waals surface area contributed by atoms with E-state index < -0.39 is 5.92 Å². The van der Waals surface area contributed by atoms with Crippen LogP contribution in [0.1, 0.15) is 39.9 Å². The molecule has 1 nitrogen and oxygen atoms in total. The molecule has 0 saturated heterocycles. The Morgan fingerprint density at radius 1 is 0.958 bits per heavy atom. The molecule has 2 aromatic rings. The molecule has 0 saturated carbocycles. The smallest absolute Gasteiger partial charge is 0.256 e. The molecule has 24 heavy (non-hydrogen) atoms. The first-order valence-corrected chi connectivity index (χ1v) is 7.81. The van der Waals surface area contributed by atoms with E-state index in [1.165, 1.54) is 12.1 Å². The predicted molar refractivity (Wildman–Crippen MR) is 87.8 cm³/mol. The van der Waals surface area contributed by atoms with E-state index in [0.29, 0.717) is 23.1 Å². The Morgan fingerprint density at radius 2 is 1.58 bits per heavy atom. The molecule has 0 heterocycles. The second-order valence-corrected chi connectivity index (χ2v) is 6.23. The second-order valence-electron chi connectivity index (χ2n) is 6.23. The predicted octanol–water partition coefficient (Wildman–Crippen LogP) is 5.24. The van der Waals surface area contributed by atoms with Crippen LogP contribution in [-0.2, 0) is 12.8 Å². The van der Waals surface area contributed by atoms with Gasteiger partial charge in [0.2, 0.25) is 0 Å². The molecule has 0 amide bonds. The molecule has 0 unspecified atom stereocenters. The fourth-order valence-corrected chi connectivity index (χ4v) is 2.99. The molecule has 0 bridgehead atoms. The Hall–Kier alpha value is -2.36. The van der Waals surface area contributed by atoms with Crippen molar-refractivity contribution >= 4 is 11.4 Å². The van der Waals surface area contributed by atoms with Crippen molar-refractivity contribution < 1.29 is 18.0 Å². The minimum absolute atomic E-state index is 0.101. The summed E-state index contributed by atoms with van der Waals surface area (Å²) in [5.74, 6) is -3.13. The Kier molecular flexibility index (Phi) is 4.31. The first kappa shape index (κ1) is 16.5. The van der Waals surface area contributed by atoms with Gasteiger partial charge >= 0.3 is 0 Å². The number of rotatable bonds is 5. The summed E-state index contributed by atoms with van der Waals surface area (Å²) in [6, 6.07) is 10.8. The van der Waals surface area contributed by atoms with Crippen LogP contribution >= 0.6 is 0 Å². The van der Waals surface area contributed by atoms with Gasteiger partial charge in [0.1, 0.15) is 5.82 Å². The fraction of sp³-hybridized carbons (Fsp3) is 0.250. The number of carbonyl (C=O) groups is 1. The summed E-state index contributed by atoms with van der Waals surface area (Å²) in [6.07, 6.45) is 0.132. The molecule has 0 fully saturated rings.